The Morgan fingerprint density at radius 1 is 0.689 bits per heavy atom. The molecule has 5 aromatic carbocycles. The number of hydrogen-bond acceptors (Lipinski definition) is 2. The van der Waals surface area contributed by atoms with Crippen molar-refractivity contribution in [3.8, 4) is 11.5 Å². The molecule has 0 bridgehead atoms. The second kappa shape index (κ2) is 12.3. The first kappa shape index (κ1) is 31.4. The van der Waals surface area contributed by atoms with Crippen LogP contribution in [0.25, 0.3) is 0 Å². The van der Waals surface area contributed by atoms with E-state index in [9.17, 15) is 4.21 Å². The van der Waals surface area contributed by atoms with E-state index < -0.39 is 23.7 Å². The predicted octanol–water partition coefficient (Wildman–Crippen LogP) is 8.67. The van der Waals surface area contributed by atoms with E-state index in [1.165, 1.54) is 21.5 Å². The Hall–Kier alpha value is -3.56. The topological polar surface area (TPSA) is 29.5 Å². The molecule has 2 atom stereocenters. The van der Waals surface area contributed by atoms with Gasteiger partial charge in [0, 0.05) is 34.5 Å². The van der Waals surface area contributed by atoms with Crippen molar-refractivity contribution in [2.24, 2.45) is 0 Å². The van der Waals surface area contributed by atoms with Crippen molar-refractivity contribution in [1.29, 1.82) is 0 Å². The molecule has 5 heteroatoms. The largest absolute Gasteiger partial charge is 0.456 e. The Morgan fingerprint density at radius 2 is 1.20 bits per heavy atom. The Balaban J connectivity index is 1.58. The summed E-state index contributed by atoms with van der Waals surface area (Å²) in [5.74, 6) is 1.80. The molecule has 0 saturated carbocycles. The van der Waals surface area contributed by atoms with Gasteiger partial charge in [-0.1, -0.05) is 135 Å². The molecule has 1 heterocycles. The fourth-order valence-electron chi connectivity index (χ4n) is 6.49. The molecule has 1 unspecified atom stereocenters. The second-order valence-electron chi connectivity index (χ2n) is 13.3. The molecule has 3 nitrogen and oxygen atoms in total. The minimum absolute atomic E-state index is 0.268. The van der Waals surface area contributed by atoms with Crippen molar-refractivity contribution in [2.75, 3.05) is 7.05 Å². The molecule has 0 radical (unpaired) electrons. The van der Waals surface area contributed by atoms with Crippen molar-refractivity contribution in [1.82, 2.24) is 4.31 Å². The minimum Gasteiger partial charge on any atom is -0.456 e. The summed E-state index contributed by atoms with van der Waals surface area (Å²) in [4.78, 5) is 0. The van der Waals surface area contributed by atoms with Crippen LogP contribution in [0.3, 0.4) is 0 Å². The summed E-state index contributed by atoms with van der Waals surface area (Å²) in [7, 11) is -0.173. The number of rotatable bonds is 7. The highest BCUT2D eigenvalue weighted by Gasteiger charge is 2.41. The predicted molar refractivity (Wildman–Crippen MR) is 192 cm³/mol. The van der Waals surface area contributed by atoms with Crippen molar-refractivity contribution in [3.05, 3.63) is 149 Å². The van der Waals surface area contributed by atoms with Gasteiger partial charge in [0.15, 0.2) is 0 Å². The van der Waals surface area contributed by atoms with E-state index in [1.54, 1.807) is 0 Å². The molecule has 0 N–H and O–H groups in total. The molecule has 45 heavy (non-hydrogen) atoms. The van der Waals surface area contributed by atoms with Gasteiger partial charge in [-0.25, -0.2) is 8.51 Å². The van der Waals surface area contributed by atoms with Crippen LogP contribution in [0.4, 0.5) is 0 Å². The first-order valence-electron chi connectivity index (χ1n) is 15.6. The maximum atomic E-state index is 14.0. The highest BCUT2D eigenvalue weighted by Crippen LogP contribution is 2.53. The number of hydrogen-bond donors (Lipinski definition) is 0. The van der Waals surface area contributed by atoms with Crippen molar-refractivity contribution >= 4 is 34.8 Å². The fraction of sp³-hybridized carbons (Fsp3) is 0.250. The summed E-state index contributed by atoms with van der Waals surface area (Å²) in [6, 6.07) is 42.9. The average Bonchev–Trinajstić information content (AvgIpc) is 3.03. The van der Waals surface area contributed by atoms with E-state index >= 15 is 0 Å². The van der Waals surface area contributed by atoms with Gasteiger partial charge in [0.1, 0.15) is 22.5 Å². The molecule has 5 aromatic rings. The lowest BCUT2D eigenvalue weighted by Gasteiger charge is -2.40. The van der Waals surface area contributed by atoms with Gasteiger partial charge in [-0.05, 0) is 57.4 Å². The Kier molecular flexibility index (Phi) is 8.61. The summed E-state index contributed by atoms with van der Waals surface area (Å²) in [6.45, 7) is 12.8. The van der Waals surface area contributed by atoms with Crippen molar-refractivity contribution < 1.29 is 8.95 Å². The van der Waals surface area contributed by atoms with Gasteiger partial charge >= 0.3 is 0 Å². The number of para-hydroxylation sites is 2. The maximum absolute atomic E-state index is 14.0. The molecular weight excluding hydrogens is 589 g/mol. The lowest BCUT2D eigenvalue weighted by atomic mass is 9.74. The highest BCUT2D eigenvalue weighted by molar-refractivity contribution is 7.84. The van der Waals surface area contributed by atoms with Gasteiger partial charge in [-0.2, -0.15) is 0 Å². The van der Waals surface area contributed by atoms with E-state index in [-0.39, 0.29) is 11.5 Å². The van der Waals surface area contributed by atoms with Crippen LogP contribution in [-0.4, -0.2) is 20.3 Å². The van der Waals surface area contributed by atoms with Crippen LogP contribution >= 0.6 is 7.92 Å². The molecule has 0 spiro atoms. The lowest BCUT2D eigenvalue weighted by molar-refractivity contribution is 0.389. The number of nitrogens with zero attached hydrogens (tertiary/aromatic N) is 1. The number of aryl methyl sites for hydroxylation is 1. The molecular formula is C40H42NO2PS. The lowest BCUT2D eigenvalue weighted by Crippen LogP contribution is -2.38. The Morgan fingerprint density at radius 3 is 1.78 bits per heavy atom. The third-order valence-electron chi connectivity index (χ3n) is 8.79. The minimum atomic E-state index is -1.27. The zero-order chi connectivity index (χ0) is 31.9. The summed E-state index contributed by atoms with van der Waals surface area (Å²) < 4.78 is 22.9. The van der Waals surface area contributed by atoms with Gasteiger partial charge in [-0.3, -0.25) is 0 Å². The molecule has 1 aliphatic heterocycles. The van der Waals surface area contributed by atoms with Crippen LogP contribution in [0.15, 0.2) is 121 Å². The second-order valence-corrected chi connectivity index (χ2v) is 17.8. The molecule has 0 fully saturated rings. The van der Waals surface area contributed by atoms with Crippen LogP contribution < -0.4 is 20.7 Å². The zero-order valence-corrected chi connectivity index (χ0v) is 29.0. The summed E-state index contributed by atoms with van der Waals surface area (Å²) >= 11 is 0. The van der Waals surface area contributed by atoms with E-state index in [0.717, 1.165) is 33.8 Å². The van der Waals surface area contributed by atoms with Gasteiger partial charge < -0.3 is 4.74 Å². The third kappa shape index (κ3) is 5.81. The van der Waals surface area contributed by atoms with Crippen LogP contribution in [0.2, 0.25) is 0 Å². The van der Waals surface area contributed by atoms with E-state index in [0.29, 0.717) is 0 Å². The smallest absolute Gasteiger partial charge is 0.139 e. The molecule has 6 rings (SSSR count). The molecule has 0 aromatic heterocycles. The molecule has 1 aliphatic rings. The van der Waals surface area contributed by atoms with Crippen molar-refractivity contribution in [2.45, 2.75) is 57.7 Å². The summed E-state index contributed by atoms with van der Waals surface area (Å²) in [5.41, 5.74) is 5.32. The molecule has 0 amide bonds. The monoisotopic (exact) mass is 631 g/mol. The third-order valence-corrected chi connectivity index (χ3v) is 13.0. The number of fused-ring (bicyclic) bond motifs is 2. The number of ether oxygens (including phenoxy) is 1. The van der Waals surface area contributed by atoms with E-state index in [2.05, 4.69) is 142 Å². The first-order valence-corrected chi connectivity index (χ1v) is 18.0. The van der Waals surface area contributed by atoms with Crippen LogP contribution in [0.5, 0.6) is 11.5 Å². The van der Waals surface area contributed by atoms with Gasteiger partial charge in [0.2, 0.25) is 0 Å². The van der Waals surface area contributed by atoms with Crippen LogP contribution in [0.1, 0.15) is 68.5 Å². The SMILES string of the molecule is Cc1ccccc1[C@@H](c1cccc2c1Oc1c(P(c3ccccc3)c3ccccc3)cccc1C2(C)C)N(C)S(=O)C(C)(C)C. The fourth-order valence-corrected chi connectivity index (χ4v) is 10.2. The molecule has 0 saturated heterocycles. The van der Waals surface area contributed by atoms with Crippen LogP contribution in [-0.2, 0) is 16.4 Å². The van der Waals surface area contributed by atoms with E-state index in [1.807, 2.05) is 32.1 Å². The highest BCUT2D eigenvalue weighted by atomic mass is 32.2. The maximum Gasteiger partial charge on any atom is 0.139 e. The summed E-state index contributed by atoms with van der Waals surface area (Å²) in [6.07, 6.45) is 0. The number of benzene rings is 5. The Labute approximate surface area is 272 Å². The molecule has 0 aliphatic carbocycles. The molecule has 230 valence electrons. The quantitative estimate of drug-likeness (QED) is 0.168. The van der Waals surface area contributed by atoms with Crippen LogP contribution in [0, 0.1) is 6.92 Å². The van der Waals surface area contributed by atoms with Gasteiger partial charge in [0.05, 0.1) is 10.8 Å². The first-order chi connectivity index (χ1) is 21.5. The summed E-state index contributed by atoms with van der Waals surface area (Å²) in [5, 5.41) is 3.77. The van der Waals surface area contributed by atoms with Gasteiger partial charge in [0.25, 0.3) is 0 Å². The zero-order valence-electron chi connectivity index (χ0n) is 27.2. The van der Waals surface area contributed by atoms with E-state index in [4.69, 9.17) is 4.74 Å². The van der Waals surface area contributed by atoms with Gasteiger partial charge in [-0.15, -0.1) is 0 Å². The standard InChI is InChI=1S/C40H42NO2PS/c1-28-18-14-15-23-31(28)36(41(7)45(42)39(2,3)4)32-24-16-25-33-37(32)43-38-34(40(33,5)6)26-17-27-35(38)44(29-19-10-8-11-20-29)30-21-12-9-13-22-30/h8-27,36H,1-7H3/t36-,45?/m0/s1. The average molecular weight is 632 g/mol. The normalized spacial score (nSPS) is 15.2. The Bertz CT molecular complexity index is 1810. The van der Waals surface area contributed by atoms with Crippen molar-refractivity contribution in [3.63, 3.8) is 0 Å².